The van der Waals surface area contributed by atoms with Crippen LogP contribution in [0.4, 0.5) is 0 Å². The van der Waals surface area contributed by atoms with Crippen LogP contribution >= 0.6 is 35.6 Å². The number of esters is 1. The molecule has 5 nitrogen and oxygen atoms in total. The van der Waals surface area contributed by atoms with Crippen molar-refractivity contribution in [1.29, 1.82) is 0 Å². The Hall–Kier alpha value is -1.50. The number of β-amino-alcohol motifs (C(OH)–C–C–N with tert-alkyl or cyclic N) is 1. The molecule has 1 aliphatic rings. The quantitative estimate of drug-likeness (QED) is 0.290. The van der Waals surface area contributed by atoms with Gasteiger partial charge in [0, 0.05) is 18.5 Å². The molecule has 2 aromatic carbocycles. The Kier molecular flexibility index (Phi) is 10.5. The van der Waals surface area contributed by atoms with E-state index >= 15 is 0 Å². The first-order valence-corrected chi connectivity index (χ1v) is 12.2. The summed E-state index contributed by atoms with van der Waals surface area (Å²) in [6, 6.07) is 11.8. The third-order valence-electron chi connectivity index (χ3n) is 6.10. The van der Waals surface area contributed by atoms with Crippen molar-refractivity contribution in [1.82, 2.24) is 5.32 Å². The maximum atomic E-state index is 11.5. The molecule has 0 amide bonds. The van der Waals surface area contributed by atoms with Gasteiger partial charge in [0.25, 0.3) is 0 Å². The largest absolute Gasteiger partial charge is 0.486 e. The fraction of sp³-hybridized carbons (Fsp3) is 0.500. The first kappa shape index (κ1) is 28.7. The third kappa shape index (κ3) is 7.50. The number of carbonyl (C=O) groups excluding carboxylic acids is 1. The minimum absolute atomic E-state index is 0. The maximum Gasteiger partial charge on any atom is 0.310 e. The first-order valence-electron chi connectivity index (χ1n) is 11.4. The van der Waals surface area contributed by atoms with Crippen LogP contribution in [-0.2, 0) is 17.6 Å². The average Bonchev–Trinajstić information content (AvgIpc) is 3.18. The van der Waals surface area contributed by atoms with E-state index in [1.54, 1.807) is 19.9 Å². The van der Waals surface area contributed by atoms with Gasteiger partial charge in [0.05, 0.1) is 0 Å². The van der Waals surface area contributed by atoms with E-state index in [1.165, 1.54) is 17.2 Å². The van der Waals surface area contributed by atoms with Crippen molar-refractivity contribution in [2.45, 2.75) is 71.1 Å². The highest BCUT2D eigenvalue weighted by molar-refractivity contribution is 6.44. The number of rotatable bonds is 10. The lowest BCUT2D eigenvalue weighted by Crippen LogP contribution is -2.48. The van der Waals surface area contributed by atoms with E-state index in [-0.39, 0.29) is 40.2 Å². The van der Waals surface area contributed by atoms with Crippen molar-refractivity contribution in [2.24, 2.45) is 5.92 Å². The highest BCUT2D eigenvalue weighted by atomic mass is 35.5. The molecule has 188 valence electrons. The molecule has 2 N–H and O–H groups in total. The molecule has 0 spiro atoms. The van der Waals surface area contributed by atoms with Crippen LogP contribution in [0.15, 0.2) is 36.4 Å². The maximum absolute atomic E-state index is 11.5. The number of aliphatic hydroxyl groups is 1. The summed E-state index contributed by atoms with van der Waals surface area (Å²) in [4.78, 5) is 11.5. The molecular weight excluding hydrogens is 497 g/mol. The van der Waals surface area contributed by atoms with Crippen LogP contribution in [0.2, 0.25) is 10.0 Å². The fourth-order valence-electron chi connectivity index (χ4n) is 4.29. The summed E-state index contributed by atoms with van der Waals surface area (Å²) in [6.45, 7) is 8.19. The molecule has 0 aliphatic heterocycles. The van der Waals surface area contributed by atoms with Crippen LogP contribution in [0.1, 0.15) is 51.7 Å². The van der Waals surface area contributed by atoms with E-state index in [4.69, 9.17) is 32.7 Å². The third-order valence-corrected chi connectivity index (χ3v) is 6.95. The Morgan fingerprint density at radius 3 is 2.26 bits per heavy atom. The number of benzene rings is 2. The number of ether oxygens (including phenoxy) is 2. The number of nitrogens with one attached hydrogen (secondary N) is 1. The number of hydrogen-bond donors (Lipinski definition) is 2. The number of aliphatic hydroxyl groups excluding tert-OH is 1. The van der Waals surface area contributed by atoms with Crippen molar-refractivity contribution in [3.05, 3.63) is 57.6 Å². The Morgan fingerprint density at radius 2 is 1.68 bits per heavy atom. The van der Waals surface area contributed by atoms with E-state index in [0.29, 0.717) is 18.2 Å². The average molecular weight is 531 g/mol. The zero-order valence-corrected chi connectivity index (χ0v) is 22.4. The van der Waals surface area contributed by atoms with Gasteiger partial charge in [0.15, 0.2) is 5.75 Å². The molecular formula is C26H34Cl3NO4. The topological polar surface area (TPSA) is 67.8 Å². The number of carbonyl (C=O) groups is 1. The Labute approximate surface area is 218 Å². The van der Waals surface area contributed by atoms with E-state index in [0.717, 1.165) is 19.3 Å². The van der Waals surface area contributed by atoms with Crippen molar-refractivity contribution in [3.63, 3.8) is 0 Å². The molecule has 0 bridgehead atoms. The molecule has 0 saturated heterocycles. The van der Waals surface area contributed by atoms with Crippen LogP contribution in [0, 0.1) is 5.92 Å². The van der Waals surface area contributed by atoms with Gasteiger partial charge in [-0.25, -0.2) is 0 Å². The number of halogens is 3. The van der Waals surface area contributed by atoms with Crippen LogP contribution in [0.25, 0.3) is 0 Å². The molecule has 0 heterocycles. The molecule has 8 heteroatoms. The lowest BCUT2D eigenvalue weighted by molar-refractivity contribution is -0.134. The van der Waals surface area contributed by atoms with E-state index in [9.17, 15) is 9.90 Å². The molecule has 1 aliphatic carbocycles. The highest BCUT2D eigenvalue weighted by Gasteiger charge is 2.29. The standard InChI is InChI=1S/C26H33Cl2NO4.ClH/c1-5-23(31)33-22-11-10-21(24(27)25(22)28)32-16(2)20(30)15-29-26(3,4)14-17-12-18-8-6-7-9-19(18)13-17;/h6-11,16-17,20,29-30H,5,12-15H2,1-4H3;1H/t16-,20-;/m0./s1. The highest BCUT2D eigenvalue weighted by Crippen LogP contribution is 2.39. The number of hydrogen-bond acceptors (Lipinski definition) is 5. The molecule has 0 aromatic heterocycles. The lowest BCUT2D eigenvalue weighted by atomic mass is 9.88. The van der Waals surface area contributed by atoms with Gasteiger partial charge in [-0.15, -0.1) is 12.4 Å². The molecule has 0 radical (unpaired) electrons. The van der Waals surface area contributed by atoms with E-state index in [1.807, 2.05) is 0 Å². The van der Waals surface area contributed by atoms with Gasteiger partial charge in [0.1, 0.15) is 28.0 Å². The van der Waals surface area contributed by atoms with Gasteiger partial charge in [0.2, 0.25) is 0 Å². The second-order valence-corrected chi connectivity index (χ2v) is 10.2. The van der Waals surface area contributed by atoms with Gasteiger partial charge >= 0.3 is 5.97 Å². The first-order chi connectivity index (χ1) is 15.6. The van der Waals surface area contributed by atoms with Gasteiger partial charge in [-0.05, 0) is 69.2 Å². The Bertz CT molecular complexity index is 958. The minimum Gasteiger partial charge on any atom is -0.486 e. The van der Waals surface area contributed by atoms with Crippen LogP contribution in [-0.4, -0.2) is 35.4 Å². The molecule has 0 saturated carbocycles. The summed E-state index contributed by atoms with van der Waals surface area (Å²) in [5, 5.41) is 14.4. The molecule has 34 heavy (non-hydrogen) atoms. The summed E-state index contributed by atoms with van der Waals surface area (Å²) >= 11 is 12.5. The zero-order valence-electron chi connectivity index (χ0n) is 20.1. The van der Waals surface area contributed by atoms with Gasteiger partial charge in [-0.2, -0.15) is 0 Å². The van der Waals surface area contributed by atoms with Crippen molar-refractivity contribution < 1.29 is 19.4 Å². The Balaban J connectivity index is 0.00000408. The molecule has 2 atom stereocenters. The summed E-state index contributed by atoms with van der Waals surface area (Å²) in [5.41, 5.74) is 2.77. The summed E-state index contributed by atoms with van der Waals surface area (Å²) < 4.78 is 11.0. The number of fused-ring (bicyclic) bond motifs is 1. The van der Waals surface area contributed by atoms with Gasteiger partial charge in [-0.1, -0.05) is 54.4 Å². The summed E-state index contributed by atoms with van der Waals surface area (Å²) in [5.74, 6) is 0.705. The van der Waals surface area contributed by atoms with Gasteiger partial charge < -0.3 is 19.9 Å². The normalized spacial score (nSPS) is 15.3. The van der Waals surface area contributed by atoms with Gasteiger partial charge in [-0.3, -0.25) is 4.79 Å². The van der Waals surface area contributed by atoms with Crippen molar-refractivity contribution in [2.75, 3.05) is 6.54 Å². The van der Waals surface area contributed by atoms with E-state index in [2.05, 4.69) is 43.4 Å². The second kappa shape index (κ2) is 12.5. The predicted octanol–water partition coefficient (Wildman–Crippen LogP) is 6.03. The smallest absolute Gasteiger partial charge is 0.310 e. The summed E-state index contributed by atoms with van der Waals surface area (Å²) in [6.07, 6.45) is 2.17. The van der Waals surface area contributed by atoms with Crippen LogP contribution in [0.5, 0.6) is 11.5 Å². The minimum atomic E-state index is -0.752. The second-order valence-electron chi connectivity index (χ2n) is 9.42. The predicted molar refractivity (Wildman–Crippen MR) is 140 cm³/mol. The van der Waals surface area contributed by atoms with Crippen LogP contribution in [0.3, 0.4) is 0 Å². The van der Waals surface area contributed by atoms with Crippen molar-refractivity contribution >= 4 is 41.6 Å². The van der Waals surface area contributed by atoms with Crippen molar-refractivity contribution in [3.8, 4) is 11.5 Å². The zero-order chi connectivity index (χ0) is 24.2. The fourth-order valence-corrected chi connectivity index (χ4v) is 4.69. The molecule has 2 aromatic rings. The SMILES string of the molecule is CCC(=O)Oc1ccc(O[C@@H](C)[C@@H](O)CNC(C)(C)CC2Cc3ccccc3C2)c(Cl)c1Cl.Cl. The lowest BCUT2D eigenvalue weighted by Gasteiger charge is -2.32. The Morgan fingerprint density at radius 1 is 1.12 bits per heavy atom. The molecule has 0 fully saturated rings. The summed E-state index contributed by atoms with van der Waals surface area (Å²) in [7, 11) is 0. The monoisotopic (exact) mass is 529 g/mol. The van der Waals surface area contributed by atoms with Crippen LogP contribution < -0.4 is 14.8 Å². The van der Waals surface area contributed by atoms with E-state index < -0.39 is 18.2 Å². The molecule has 0 unspecified atom stereocenters. The molecule has 3 rings (SSSR count).